The van der Waals surface area contributed by atoms with Crippen LogP contribution in [0.4, 0.5) is 10.2 Å². The molecule has 20 heavy (non-hydrogen) atoms. The Kier molecular flexibility index (Phi) is 4.53. The van der Waals surface area contributed by atoms with Crippen molar-refractivity contribution in [1.82, 2.24) is 9.88 Å². The number of piperidine rings is 1. The van der Waals surface area contributed by atoms with Crippen molar-refractivity contribution in [3.63, 3.8) is 0 Å². The maximum atomic E-state index is 14.0. The molecule has 0 bridgehead atoms. The predicted octanol–water partition coefficient (Wildman–Crippen LogP) is 2.28. The van der Waals surface area contributed by atoms with Gasteiger partial charge in [0.05, 0.1) is 13.2 Å². The van der Waals surface area contributed by atoms with Crippen LogP contribution in [0.25, 0.3) is 0 Å². The van der Waals surface area contributed by atoms with E-state index >= 15 is 0 Å². The quantitative estimate of drug-likeness (QED) is 0.823. The summed E-state index contributed by atoms with van der Waals surface area (Å²) in [4.78, 5) is 8.78. The number of nitrogens with zero attached hydrogens (tertiary/aromatic N) is 3. The molecule has 0 aliphatic carbocycles. The van der Waals surface area contributed by atoms with Gasteiger partial charge in [0.2, 0.25) is 0 Å². The van der Waals surface area contributed by atoms with E-state index < -0.39 is 0 Å². The number of rotatable bonds is 2. The van der Waals surface area contributed by atoms with E-state index in [9.17, 15) is 4.39 Å². The molecule has 0 spiro atoms. The van der Waals surface area contributed by atoms with Crippen molar-refractivity contribution in [1.29, 1.82) is 0 Å². The summed E-state index contributed by atoms with van der Waals surface area (Å²) >= 11 is 3.25. The SMILES string of the molecule is Fc1cc(Br)cnc1N1CCCC(N2CCOCC2)C1. The second-order valence-corrected chi connectivity index (χ2v) is 6.27. The van der Waals surface area contributed by atoms with E-state index in [4.69, 9.17) is 4.74 Å². The maximum absolute atomic E-state index is 14.0. The van der Waals surface area contributed by atoms with E-state index in [1.807, 2.05) is 0 Å². The molecule has 110 valence electrons. The zero-order chi connectivity index (χ0) is 13.9. The number of ether oxygens (including phenoxy) is 1. The molecule has 4 nitrogen and oxygen atoms in total. The van der Waals surface area contributed by atoms with Crippen molar-refractivity contribution in [3.05, 3.63) is 22.6 Å². The molecule has 6 heteroatoms. The van der Waals surface area contributed by atoms with Gasteiger partial charge in [0, 0.05) is 42.9 Å². The van der Waals surface area contributed by atoms with Crippen LogP contribution >= 0.6 is 15.9 Å². The highest BCUT2D eigenvalue weighted by Crippen LogP contribution is 2.25. The first kappa shape index (κ1) is 14.2. The molecule has 2 aliphatic heterocycles. The van der Waals surface area contributed by atoms with E-state index in [1.54, 1.807) is 6.20 Å². The minimum absolute atomic E-state index is 0.248. The second-order valence-electron chi connectivity index (χ2n) is 5.35. The third kappa shape index (κ3) is 3.13. The van der Waals surface area contributed by atoms with Crippen molar-refractivity contribution < 1.29 is 9.13 Å². The fourth-order valence-electron chi connectivity index (χ4n) is 3.03. The second kappa shape index (κ2) is 6.37. The summed E-state index contributed by atoms with van der Waals surface area (Å²) in [6, 6.07) is 1.97. The Morgan fingerprint density at radius 2 is 2.10 bits per heavy atom. The smallest absolute Gasteiger partial charge is 0.166 e. The minimum Gasteiger partial charge on any atom is -0.379 e. The van der Waals surface area contributed by atoms with Gasteiger partial charge in [0.15, 0.2) is 11.6 Å². The van der Waals surface area contributed by atoms with Crippen molar-refractivity contribution >= 4 is 21.7 Å². The van der Waals surface area contributed by atoms with Crippen molar-refractivity contribution in [2.45, 2.75) is 18.9 Å². The molecule has 1 unspecified atom stereocenters. The first-order valence-electron chi connectivity index (χ1n) is 7.12. The Labute approximate surface area is 127 Å². The van der Waals surface area contributed by atoms with Crippen LogP contribution in [0.1, 0.15) is 12.8 Å². The lowest BCUT2D eigenvalue weighted by Crippen LogP contribution is -2.52. The topological polar surface area (TPSA) is 28.6 Å². The molecular formula is C14H19BrFN3O. The summed E-state index contributed by atoms with van der Waals surface area (Å²) in [6.45, 7) is 5.31. The van der Waals surface area contributed by atoms with E-state index in [-0.39, 0.29) is 5.82 Å². The first-order chi connectivity index (χ1) is 9.74. The molecule has 0 aromatic carbocycles. The van der Waals surface area contributed by atoms with Crippen LogP contribution in [0.15, 0.2) is 16.7 Å². The molecule has 3 rings (SSSR count). The van der Waals surface area contributed by atoms with E-state index in [1.165, 1.54) is 12.5 Å². The van der Waals surface area contributed by atoms with Gasteiger partial charge in [-0.15, -0.1) is 0 Å². The van der Waals surface area contributed by atoms with Crippen LogP contribution in [0.2, 0.25) is 0 Å². The zero-order valence-corrected chi connectivity index (χ0v) is 13.0. The van der Waals surface area contributed by atoms with Gasteiger partial charge in [0.25, 0.3) is 0 Å². The molecule has 2 fully saturated rings. The highest BCUT2D eigenvalue weighted by molar-refractivity contribution is 9.10. The van der Waals surface area contributed by atoms with Crippen molar-refractivity contribution in [2.24, 2.45) is 0 Å². The summed E-state index contributed by atoms with van der Waals surface area (Å²) < 4.78 is 20.1. The Morgan fingerprint density at radius 3 is 2.85 bits per heavy atom. The van der Waals surface area contributed by atoms with Crippen LogP contribution in [-0.4, -0.2) is 55.3 Å². The summed E-state index contributed by atoms with van der Waals surface area (Å²) in [7, 11) is 0. The van der Waals surface area contributed by atoms with Crippen molar-refractivity contribution in [3.8, 4) is 0 Å². The Balaban J connectivity index is 1.71. The van der Waals surface area contributed by atoms with Crippen LogP contribution in [-0.2, 0) is 4.74 Å². The average Bonchev–Trinajstić information content (AvgIpc) is 2.48. The van der Waals surface area contributed by atoms with Gasteiger partial charge in [0.1, 0.15) is 0 Å². The molecule has 3 heterocycles. The number of hydrogen-bond donors (Lipinski definition) is 0. The number of aromatic nitrogens is 1. The highest BCUT2D eigenvalue weighted by atomic mass is 79.9. The fraction of sp³-hybridized carbons (Fsp3) is 0.643. The molecule has 2 aliphatic rings. The van der Waals surface area contributed by atoms with E-state index in [0.29, 0.717) is 16.3 Å². The molecule has 0 N–H and O–H groups in total. The average molecular weight is 344 g/mol. The van der Waals surface area contributed by atoms with Crippen LogP contribution in [0, 0.1) is 5.82 Å². The third-order valence-corrected chi connectivity index (χ3v) is 4.48. The van der Waals surface area contributed by atoms with Gasteiger partial charge in [-0.05, 0) is 34.8 Å². The number of halogens is 2. The zero-order valence-electron chi connectivity index (χ0n) is 11.4. The molecule has 2 saturated heterocycles. The monoisotopic (exact) mass is 343 g/mol. The summed E-state index contributed by atoms with van der Waals surface area (Å²) in [6.07, 6.45) is 3.92. The summed E-state index contributed by atoms with van der Waals surface area (Å²) in [5, 5.41) is 0. The van der Waals surface area contributed by atoms with Crippen LogP contribution in [0.3, 0.4) is 0 Å². The lowest BCUT2D eigenvalue weighted by atomic mass is 10.0. The first-order valence-corrected chi connectivity index (χ1v) is 7.91. The van der Waals surface area contributed by atoms with Crippen LogP contribution < -0.4 is 4.90 Å². The normalized spacial score (nSPS) is 24.9. The summed E-state index contributed by atoms with van der Waals surface area (Å²) in [5.74, 6) is 0.230. The summed E-state index contributed by atoms with van der Waals surface area (Å²) in [5.41, 5.74) is 0. The number of anilines is 1. The molecule has 0 saturated carbocycles. The lowest BCUT2D eigenvalue weighted by Gasteiger charge is -2.41. The lowest BCUT2D eigenvalue weighted by molar-refractivity contribution is 0.0136. The fourth-order valence-corrected chi connectivity index (χ4v) is 3.33. The minimum atomic E-state index is -0.248. The molecule has 1 atom stereocenters. The van der Waals surface area contributed by atoms with Crippen molar-refractivity contribution in [2.75, 3.05) is 44.3 Å². The molecule has 0 radical (unpaired) electrons. The molecule has 1 aromatic rings. The number of morpholine rings is 1. The standard InChI is InChI=1S/C14H19BrFN3O/c15-11-8-13(16)14(17-9-11)19-3-1-2-12(10-19)18-4-6-20-7-5-18/h8-9,12H,1-7,10H2. The van der Waals surface area contributed by atoms with Crippen LogP contribution in [0.5, 0.6) is 0 Å². The largest absolute Gasteiger partial charge is 0.379 e. The van der Waals surface area contributed by atoms with Gasteiger partial charge < -0.3 is 9.64 Å². The molecular weight excluding hydrogens is 325 g/mol. The molecule has 1 aromatic heterocycles. The van der Waals surface area contributed by atoms with Gasteiger partial charge in [-0.25, -0.2) is 9.37 Å². The van der Waals surface area contributed by atoms with Gasteiger partial charge >= 0.3 is 0 Å². The highest BCUT2D eigenvalue weighted by Gasteiger charge is 2.28. The van der Waals surface area contributed by atoms with E-state index in [2.05, 4.69) is 30.7 Å². The Morgan fingerprint density at radius 1 is 1.30 bits per heavy atom. The van der Waals surface area contributed by atoms with Gasteiger partial charge in [-0.3, -0.25) is 4.90 Å². The van der Waals surface area contributed by atoms with E-state index in [0.717, 1.165) is 45.8 Å². The predicted molar refractivity (Wildman–Crippen MR) is 79.5 cm³/mol. The maximum Gasteiger partial charge on any atom is 0.166 e. The molecule has 0 amide bonds. The number of hydrogen-bond acceptors (Lipinski definition) is 4. The Hall–Kier alpha value is -0.720. The number of pyridine rings is 1. The Bertz CT molecular complexity index is 468. The van der Waals surface area contributed by atoms with Gasteiger partial charge in [-0.1, -0.05) is 0 Å². The third-order valence-electron chi connectivity index (χ3n) is 4.05. The van der Waals surface area contributed by atoms with Gasteiger partial charge in [-0.2, -0.15) is 0 Å².